The van der Waals surface area contributed by atoms with Crippen molar-refractivity contribution < 1.29 is 9.36 Å². The zero-order chi connectivity index (χ0) is 16.4. The molecule has 0 aliphatic heterocycles. The Kier molecular flexibility index (Phi) is 4.06. The molecule has 0 heterocycles. The highest BCUT2D eigenvalue weighted by Crippen LogP contribution is 2.37. The first kappa shape index (κ1) is 15.5. The SMILES string of the molecule is CP(C)(=O)c1ccccc1NC(=O)c1ccc2ccccc2c1. The molecule has 1 N–H and O–H groups in total. The molecule has 3 rings (SSSR count). The van der Waals surface area contributed by atoms with E-state index in [1.54, 1.807) is 31.5 Å². The lowest BCUT2D eigenvalue weighted by Crippen LogP contribution is -2.18. The fraction of sp³-hybridized carbons (Fsp3) is 0.105. The van der Waals surface area contributed by atoms with Crippen molar-refractivity contribution in [1.82, 2.24) is 0 Å². The van der Waals surface area contributed by atoms with Gasteiger partial charge in [0.1, 0.15) is 7.14 Å². The highest BCUT2D eigenvalue weighted by molar-refractivity contribution is 7.70. The van der Waals surface area contributed by atoms with Gasteiger partial charge in [0.15, 0.2) is 0 Å². The summed E-state index contributed by atoms with van der Waals surface area (Å²) in [6, 6.07) is 20.8. The summed E-state index contributed by atoms with van der Waals surface area (Å²) in [5.74, 6) is -0.198. The molecule has 0 bridgehead atoms. The first-order valence-electron chi connectivity index (χ1n) is 7.40. The third kappa shape index (κ3) is 3.35. The highest BCUT2D eigenvalue weighted by atomic mass is 31.2. The molecule has 4 heteroatoms. The zero-order valence-corrected chi connectivity index (χ0v) is 14.0. The maximum absolute atomic E-state index is 12.5. The minimum absolute atomic E-state index is 0.198. The minimum Gasteiger partial charge on any atom is -0.321 e. The Hall–Kier alpha value is -2.38. The smallest absolute Gasteiger partial charge is 0.255 e. The topological polar surface area (TPSA) is 46.2 Å². The maximum atomic E-state index is 12.5. The molecule has 0 saturated heterocycles. The van der Waals surface area contributed by atoms with Gasteiger partial charge in [-0.15, -0.1) is 0 Å². The second kappa shape index (κ2) is 6.02. The summed E-state index contributed by atoms with van der Waals surface area (Å²) < 4.78 is 12.4. The molecule has 3 aromatic rings. The van der Waals surface area contributed by atoms with E-state index in [0.29, 0.717) is 16.6 Å². The van der Waals surface area contributed by atoms with Crippen LogP contribution in [0.1, 0.15) is 10.4 Å². The number of hydrogen-bond acceptors (Lipinski definition) is 2. The number of carbonyl (C=O) groups is 1. The number of carbonyl (C=O) groups excluding carboxylic acids is 1. The van der Waals surface area contributed by atoms with Crippen LogP contribution in [0.4, 0.5) is 5.69 Å². The molecule has 3 aromatic carbocycles. The van der Waals surface area contributed by atoms with Crippen molar-refractivity contribution >= 4 is 34.8 Å². The van der Waals surface area contributed by atoms with Crippen LogP contribution >= 0.6 is 7.14 Å². The van der Waals surface area contributed by atoms with Crippen LogP contribution in [-0.4, -0.2) is 19.2 Å². The zero-order valence-electron chi connectivity index (χ0n) is 13.1. The molecule has 0 radical (unpaired) electrons. The minimum atomic E-state index is -2.46. The van der Waals surface area contributed by atoms with Gasteiger partial charge in [-0.25, -0.2) is 0 Å². The van der Waals surface area contributed by atoms with Gasteiger partial charge in [-0.1, -0.05) is 42.5 Å². The van der Waals surface area contributed by atoms with Crippen LogP contribution in [0.3, 0.4) is 0 Å². The van der Waals surface area contributed by atoms with E-state index in [0.717, 1.165) is 10.8 Å². The second-order valence-electron chi connectivity index (χ2n) is 5.88. The molecule has 3 nitrogen and oxygen atoms in total. The Morgan fingerprint density at radius 3 is 2.26 bits per heavy atom. The quantitative estimate of drug-likeness (QED) is 0.729. The third-order valence-corrected chi connectivity index (χ3v) is 5.29. The van der Waals surface area contributed by atoms with E-state index in [1.165, 1.54) is 0 Å². The third-order valence-electron chi connectivity index (χ3n) is 3.74. The summed E-state index contributed by atoms with van der Waals surface area (Å²) in [5.41, 5.74) is 1.19. The average Bonchev–Trinajstić information content (AvgIpc) is 2.54. The van der Waals surface area contributed by atoms with E-state index in [2.05, 4.69) is 5.32 Å². The van der Waals surface area contributed by atoms with Gasteiger partial charge in [-0.3, -0.25) is 4.79 Å². The van der Waals surface area contributed by atoms with E-state index in [-0.39, 0.29) is 5.91 Å². The fourth-order valence-electron chi connectivity index (χ4n) is 2.57. The number of hydrogen-bond donors (Lipinski definition) is 1. The molecule has 0 atom stereocenters. The number of para-hydroxylation sites is 1. The molecular weight excluding hydrogens is 305 g/mol. The van der Waals surface area contributed by atoms with Crippen molar-refractivity contribution in [2.24, 2.45) is 0 Å². The van der Waals surface area contributed by atoms with Gasteiger partial charge in [-0.2, -0.15) is 0 Å². The Bertz CT molecular complexity index is 927. The van der Waals surface area contributed by atoms with E-state index in [4.69, 9.17) is 0 Å². The summed E-state index contributed by atoms with van der Waals surface area (Å²) in [6.45, 7) is 3.40. The molecule has 0 spiro atoms. The summed E-state index contributed by atoms with van der Waals surface area (Å²) in [4.78, 5) is 12.5. The monoisotopic (exact) mass is 323 g/mol. The highest BCUT2D eigenvalue weighted by Gasteiger charge is 2.17. The van der Waals surface area contributed by atoms with Gasteiger partial charge in [0.25, 0.3) is 5.91 Å². The van der Waals surface area contributed by atoms with Crippen molar-refractivity contribution in [3.63, 3.8) is 0 Å². The summed E-state index contributed by atoms with van der Waals surface area (Å²) in [6.07, 6.45) is 0. The number of fused-ring (bicyclic) bond motifs is 1. The normalized spacial score (nSPS) is 11.4. The average molecular weight is 323 g/mol. The van der Waals surface area contributed by atoms with Crippen LogP contribution in [0.5, 0.6) is 0 Å². The maximum Gasteiger partial charge on any atom is 0.255 e. The van der Waals surface area contributed by atoms with Gasteiger partial charge in [-0.05, 0) is 48.4 Å². The summed E-state index contributed by atoms with van der Waals surface area (Å²) >= 11 is 0. The predicted molar refractivity (Wildman–Crippen MR) is 97.4 cm³/mol. The standard InChI is InChI=1S/C19H18NO2P/c1-23(2,22)18-10-6-5-9-17(18)20-19(21)16-12-11-14-7-3-4-8-15(14)13-16/h3-13H,1-2H3,(H,20,21). The van der Waals surface area contributed by atoms with Crippen LogP contribution < -0.4 is 10.6 Å². The molecule has 23 heavy (non-hydrogen) atoms. The molecule has 0 saturated carbocycles. The Balaban J connectivity index is 1.94. The van der Waals surface area contributed by atoms with E-state index >= 15 is 0 Å². The van der Waals surface area contributed by atoms with Crippen LogP contribution in [0.2, 0.25) is 0 Å². The van der Waals surface area contributed by atoms with Gasteiger partial charge >= 0.3 is 0 Å². The van der Waals surface area contributed by atoms with Crippen LogP contribution in [-0.2, 0) is 4.57 Å². The van der Waals surface area contributed by atoms with Crippen molar-refractivity contribution in [1.29, 1.82) is 0 Å². The molecule has 0 aliphatic rings. The first-order chi connectivity index (χ1) is 10.9. The number of amides is 1. The molecule has 0 unspecified atom stereocenters. The van der Waals surface area contributed by atoms with Crippen molar-refractivity contribution in [2.45, 2.75) is 0 Å². The molecular formula is C19H18NO2P. The molecule has 0 aliphatic carbocycles. The number of benzene rings is 3. The first-order valence-corrected chi connectivity index (χ1v) is 10.00. The van der Waals surface area contributed by atoms with E-state index in [1.807, 2.05) is 48.5 Å². The number of rotatable bonds is 3. The largest absolute Gasteiger partial charge is 0.321 e. The van der Waals surface area contributed by atoms with Gasteiger partial charge in [0.05, 0.1) is 5.69 Å². The Morgan fingerprint density at radius 2 is 1.52 bits per heavy atom. The molecule has 0 fully saturated rings. The molecule has 1 amide bonds. The fourth-order valence-corrected chi connectivity index (χ4v) is 3.73. The van der Waals surface area contributed by atoms with Gasteiger partial charge in [0.2, 0.25) is 0 Å². The predicted octanol–water partition coefficient (Wildman–Crippen LogP) is 4.34. The molecule has 0 aromatic heterocycles. The van der Waals surface area contributed by atoms with Crippen molar-refractivity contribution in [3.05, 3.63) is 72.3 Å². The Labute approximate surface area is 135 Å². The van der Waals surface area contributed by atoms with Crippen molar-refractivity contribution in [2.75, 3.05) is 18.6 Å². The molecule has 116 valence electrons. The van der Waals surface area contributed by atoms with Gasteiger partial charge in [0, 0.05) is 10.9 Å². The lowest BCUT2D eigenvalue weighted by Gasteiger charge is -2.14. The second-order valence-corrected chi connectivity index (χ2v) is 9.07. The van der Waals surface area contributed by atoms with Crippen LogP contribution in [0.15, 0.2) is 66.7 Å². The van der Waals surface area contributed by atoms with E-state index in [9.17, 15) is 9.36 Å². The van der Waals surface area contributed by atoms with Crippen molar-refractivity contribution in [3.8, 4) is 0 Å². The lowest BCUT2D eigenvalue weighted by molar-refractivity contribution is 0.102. The van der Waals surface area contributed by atoms with E-state index < -0.39 is 7.14 Å². The van der Waals surface area contributed by atoms with Gasteiger partial charge < -0.3 is 9.88 Å². The van der Waals surface area contributed by atoms with Crippen LogP contribution in [0, 0.1) is 0 Å². The van der Waals surface area contributed by atoms with Crippen LogP contribution in [0.25, 0.3) is 10.8 Å². The number of anilines is 1. The number of nitrogens with one attached hydrogen (secondary N) is 1. The Morgan fingerprint density at radius 1 is 0.870 bits per heavy atom. The summed E-state index contributed by atoms with van der Waals surface area (Å²) in [5, 5.41) is 5.69. The summed E-state index contributed by atoms with van der Waals surface area (Å²) in [7, 11) is -2.46. The lowest BCUT2D eigenvalue weighted by atomic mass is 10.1.